The molecule has 0 radical (unpaired) electrons. The third kappa shape index (κ3) is 3.31. The van der Waals surface area contributed by atoms with E-state index in [4.69, 9.17) is 0 Å². The Labute approximate surface area is 108 Å². The molecular formula is C13H21N3O2. The van der Waals surface area contributed by atoms with Crippen molar-refractivity contribution in [3.63, 3.8) is 0 Å². The van der Waals surface area contributed by atoms with Crippen LogP contribution < -0.4 is 5.32 Å². The molecule has 0 aromatic carbocycles. The Morgan fingerprint density at radius 1 is 1.22 bits per heavy atom. The highest BCUT2D eigenvalue weighted by molar-refractivity contribution is 6.39. The Hall–Kier alpha value is -1.39. The smallest absolute Gasteiger partial charge is 0.267 e. The van der Waals surface area contributed by atoms with Crippen LogP contribution in [0, 0.1) is 0 Å². The lowest BCUT2D eigenvalue weighted by Crippen LogP contribution is -2.42. The molecule has 5 nitrogen and oxygen atoms in total. The van der Waals surface area contributed by atoms with Gasteiger partial charge < -0.3 is 5.32 Å². The lowest BCUT2D eigenvalue weighted by atomic mass is 10.1. The van der Waals surface area contributed by atoms with Crippen LogP contribution in [0.2, 0.25) is 0 Å². The summed E-state index contributed by atoms with van der Waals surface area (Å²) >= 11 is 0. The minimum absolute atomic E-state index is 0.0268. The molecule has 0 atom stereocenters. The fraction of sp³-hybridized carbons (Fsp3) is 0.769. The molecule has 1 N–H and O–H groups in total. The van der Waals surface area contributed by atoms with Gasteiger partial charge in [-0.05, 0) is 12.8 Å². The summed E-state index contributed by atoms with van der Waals surface area (Å²) < 4.78 is 0. The lowest BCUT2D eigenvalue weighted by Gasteiger charge is -2.21. The normalized spacial score (nSPS) is 22.4. The van der Waals surface area contributed by atoms with Crippen molar-refractivity contribution < 1.29 is 9.59 Å². The molecular weight excluding hydrogens is 230 g/mol. The van der Waals surface area contributed by atoms with Crippen molar-refractivity contribution in [2.45, 2.75) is 57.4 Å². The topological polar surface area (TPSA) is 61.8 Å². The van der Waals surface area contributed by atoms with E-state index < -0.39 is 0 Å². The quantitative estimate of drug-likeness (QED) is 0.755. The summed E-state index contributed by atoms with van der Waals surface area (Å²) in [5, 5.41) is 8.37. The SMILES string of the molecule is CN1N=C(C(=O)NC2CCCCCC2)CCC1=O. The van der Waals surface area contributed by atoms with Crippen LogP contribution in [-0.2, 0) is 9.59 Å². The molecule has 2 amide bonds. The molecule has 2 aliphatic rings. The highest BCUT2D eigenvalue weighted by Crippen LogP contribution is 2.17. The maximum atomic E-state index is 12.1. The highest BCUT2D eigenvalue weighted by atomic mass is 16.2. The van der Waals surface area contributed by atoms with Gasteiger partial charge >= 0.3 is 0 Å². The molecule has 1 heterocycles. The summed E-state index contributed by atoms with van der Waals surface area (Å²) in [6.07, 6.45) is 7.89. The lowest BCUT2D eigenvalue weighted by molar-refractivity contribution is -0.130. The number of nitrogens with one attached hydrogen (secondary N) is 1. The first-order valence-electron chi connectivity index (χ1n) is 6.81. The minimum atomic E-state index is -0.0961. The molecule has 1 aliphatic heterocycles. The van der Waals surface area contributed by atoms with Crippen molar-refractivity contribution in [1.82, 2.24) is 10.3 Å². The second-order valence-electron chi connectivity index (χ2n) is 5.13. The summed E-state index contributed by atoms with van der Waals surface area (Å²) in [7, 11) is 1.60. The van der Waals surface area contributed by atoms with E-state index in [-0.39, 0.29) is 17.9 Å². The van der Waals surface area contributed by atoms with E-state index in [0.717, 1.165) is 12.8 Å². The van der Waals surface area contributed by atoms with Crippen molar-refractivity contribution in [1.29, 1.82) is 0 Å². The van der Waals surface area contributed by atoms with Gasteiger partial charge in [0.1, 0.15) is 5.71 Å². The van der Waals surface area contributed by atoms with Gasteiger partial charge in [0.15, 0.2) is 0 Å². The molecule has 1 aliphatic carbocycles. The number of hydrogen-bond donors (Lipinski definition) is 1. The Balaban J connectivity index is 1.91. The van der Waals surface area contributed by atoms with E-state index >= 15 is 0 Å². The first-order valence-corrected chi connectivity index (χ1v) is 6.81. The highest BCUT2D eigenvalue weighted by Gasteiger charge is 2.23. The zero-order chi connectivity index (χ0) is 13.0. The molecule has 2 rings (SSSR count). The zero-order valence-corrected chi connectivity index (χ0v) is 10.9. The largest absolute Gasteiger partial charge is 0.348 e. The number of hydrazone groups is 1. The number of nitrogens with zero attached hydrogens (tertiary/aromatic N) is 2. The number of carbonyl (C=O) groups is 2. The summed E-state index contributed by atoms with van der Waals surface area (Å²) in [6.45, 7) is 0. The monoisotopic (exact) mass is 251 g/mol. The van der Waals surface area contributed by atoms with Crippen molar-refractivity contribution in [2.24, 2.45) is 5.10 Å². The third-order valence-electron chi connectivity index (χ3n) is 3.66. The molecule has 100 valence electrons. The van der Waals surface area contributed by atoms with Crippen LogP contribution in [-0.4, -0.2) is 35.6 Å². The fourth-order valence-corrected chi connectivity index (χ4v) is 2.53. The minimum Gasteiger partial charge on any atom is -0.348 e. The van der Waals surface area contributed by atoms with Gasteiger partial charge in [0.2, 0.25) is 5.91 Å². The Morgan fingerprint density at radius 2 is 1.89 bits per heavy atom. The van der Waals surface area contributed by atoms with Crippen molar-refractivity contribution in [2.75, 3.05) is 7.05 Å². The molecule has 0 bridgehead atoms. The van der Waals surface area contributed by atoms with Gasteiger partial charge in [-0.2, -0.15) is 5.10 Å². The van der Waals surface area contributed by atoms with Gasteiger partial charge in [0.25, 0.3) is 5.91 Å². The van der Waals surface area contributed by atoms with Crippen LogP contribution in [0.15, 0.2) is 5.10 Å². The summed E-state index contributed by atoms with van der Waals surface area (Å²) in [5.41, 5.74) is 0.487. The Kier molecular flexibility index (Phi) is 4.33. The van der Waals surface area contributed by atoms with Gasteiger partial charge in [-0.3, -0.25) is 9.59 Å². The van der Waals surface area contributed by atoms with Crippen molar-refractivity contribution >= 4 is 17.5 Å². The van der Waals surface area contributed by atoms with Crippen molar-refractivity contribution in [3.05, 3.63) is 0 Å². The maximum absolute atomic E-state index is 12.1. The van der Waals surface area contributed by atoms with Gasteiger partial charge in [-0.25, -0.2) is 5.01 Å². The van der Waals surface area contributed by atoms with Crippen LogP contribution in [0.3, 0.4) is 0 Å². The zero-order valence-electron chi connectivity index (χ0n) is 10.9. The van der Waals surface area contributed by atoms with Gasteiger partial charge in [-0.1, -0.05) is 25.7 Å². The Morgan fingerprint density at radius 3 is 2.50 bits per heavy atom. The first kappa shape index (κ1) is 13.1. The molecule has 0 spiro atoms. The van der Waals surface area contributed by atoms with Gasteiger partial charge in [-0.15, -0.1) is 0 Å². The molecule has 0 aromatic heterocycles. The molecule has 5 heteroatoms. The predicted molar refractivity (Wildman–Crippen MR) is 69.1 cm³/mol. The maximum Gasteiger partial charge on any atom is 0.267 e. The fourth-order valence-electron chi connectivity index (χ4n) is 2.53. The Bertz CT molecular complexity index is 357. The van der Waals surface area contributed by atoms with Crippen molar-refractivity contribution in [3.8, 4) is 0 Å². The summed E-state index contributed by atoms with van der Waals surface area (Å²) in [5.74, 6) is -0.123. The summed E-state index contributed by atoms with van der Waals surface area (Å²) in [6, 6.07) is 0.283. The average molecular weight is 251 g/mol. The van der Waals surface area contributed by atoms with Crippen LogP contribution in [0.25, 0.3) is 0 Å². The van der Waals surface area contributed by atoms with E-state index in [9.17, 15) is 9.59 Å². The summed E-state index contributed by atoms with van der Waals surface area (Å²) in [4.78, 5) is 23.3. The van der Waals surface area contributed by atoms with E-state index in [1.54, 1.807) is 7.05 Å². The number of hydrogen-bond acceptors (Lipinski definition) is 3. The second kappa shape index (κ2) is 5.98. The van der Waals surface area contributed by atoms with E-state index in [1.807, 2.05) is 0 Å². The van der Waals surface area contributed by atoms with Crippen LogP contribution in [0.4, 0.5) is 0 Å². The number of amides is 2. The molecule has 1 fully saturated rings. The molecule has 0 unspecified atom stereocenters. The predicted octanol–water partition coefficient (Wildman–Crippen LogP) is 1.43. The second-order valence-corrected chi connectivity index (χ2v) is 5.13. The molecule has 18 heavy (non-hydrogen) atoms. The van der Waals surface area contributed by atoms with Gasteiger partial charge in [0.05, 0.1) is 0 Å². The standard InChI is InChI=1S/C13H21N3O2/c1-16-12(17)9-8-11(15-16)13(18)14-10-6-4-2-3-5-7-10/h10H,2-9H2,1H3,(H,14,18). The van der Waals surface area contributed by atoms with Crippen LogP contribution in [0.5, 0.6) is 0 Å². The first-order chi connectivity index (χ1) is 8.66. The third-order valence-corrected chi connectivity index (χ3v) is 3.66. The number of rotatable bonds is 2. The number of carbonyl (C=O) groups excluding carboxylic acids is 2. The molecule has 0 saturated heterocycles. The van der Waals surface area contributed by atoms with E-state index in [0.29, 0.717) is 18.6 Å². The van der Waals surface area contributed by atoms with E-state index in [2.05, 4.69) is 10.4 Å². The molecule has 0 aromatic rings. The molecule has 1 saturated carbocycles. The van der Waals surface area contributed by atoms with Crippen LogP contribution >= 0.6 is 0 Å². The van der Waals surface area contributed by atoms with E-state index in [1.165, 1.54) is 30.7 Å². The average Bonchev–Trinajstić information content (AvgIpc) is 2.61. The van der Waals surface area contributed by atoms with Gasteiger partial charge in [0, 0.05) is 25.9 Å². The van der Waals surface area contributed by atoms with Crippen LogP contribution in [0.1, 0.15) is 51.4 Å².